The van der Waals surface area contributed by atoms with E-state index in [1.54, 1.807) is 43.3 Å². The minimum absolute atomic E-state index is 0.124. The maximum absolute atomic E-state index is 13.7. The molecule has 3 aromatic rings. The maximum atomic E-state index is 13.7. The predicted octanol–water partition coefficient (Wildman–Crippen LogP) is 4.33. The van der Waals surface area contributed by atoms with Crippen molar-refractivity contribution in [2.75, 3.05) is 19.1 Å². The van der Waals surface area contributed by atoms with Crippen molar-refractivity contribution in [3.63, 3.8) is 0 Å². The summed E-state index contributed by atoms with van der Waals surface area (Å²) in [6, 6.07) is 11.7. The van der Waals surface area contributed by atoms with Gasteiger partial charge in [-0.15, -0.1) is 0 Å². The topological polar surface area (TPSA) is 119 Å². The van der Waals surface area contributed by atoms with Gasteiger partial charge in [0, 0.05) is 22.3 Å². The number of aryl methyl sites for hydroxylation is 1. The minimum Gasteiger partial charge on any atom is -0.497 e. The predicted molar refractivity (Wildman–Crippen MR) is 133 cm³/mol. The third-order valence-electron chi connectivity index (χ3n) is 6.65. The molecule has 0 saturated carbocycles. The van der Waals surface area contributed by atoms with E-state index in [-0.39, 0.29) is 11.1 Å². The number of anilines is 1. The standard InChI is InChI=1S/C26H20ClN3O7/c1-13-7-8-14(27)11-19(13)28-22(17-12-15(36-2)9-10-20(17)37-3)23(26(28)33)29-24(31)16-5-4-6-18(30(34)35)21(16)25(29)32/h4-12,22-23H,1-3H3/t22-,23-/m0/s1. The highest BCUT2D eigenvalue weighted by atomic mass is 35.5. The SMILES string of the molecule is COc1ccc(OC)c([C@H]2[C@H](N3C(=O)c4cccc([N+](=O)[O-])c4C3=O)C(=O)N2c2cc(Cl)ccc2C)c1. The summed E-state index contributed by atoms with van der Waals surface area (Å²) in [5, 5.41) is 12.0. The fraction of sp³-hybridized carbons (Fsp3) is 0.192. The highest BCUT2D eigenvalue weighted by Crippen LogP contribution is 2.49. The molecule has 0 aliphatic carbocycles. The molecule has 11 heteroatoms. The van der Waals surface area contributed by atoms with Gasteiger partial charge in [0.1, 0.15) is 23.1 Å². The molecular weight excluding hydrogens is 502 g/mol. The molecule has 5 rings (SSSR count). The number of rotatable bonds is 6. The Balaban J connectivity index is 1.69. The van der Waals surface area contributed by atoms with Crippen LogP contribution in [0.2, 0.25) is 5.02 Å². The van der Waals surface area contributed by atoms with Gasteiger partial charge in [-0.25, -0.2) is 0 Å². The Hall–Kier alpha value is -4.44. The van der Waals surface area contributed by atoms with Gasteiger partial charge in [0.15, 0.2) is 0 Å². The summed E-state index contributed by atoms with van der Waals surface area (Å²) in [6.07, 6.45) is 0. The number of nitro groups is 1. The molecule has 2 aliphatic rings. The molecule has 0 unspecified atom stereocenters. The lowest BCUT2D eigenvalue weighted by Gasteiger charge is -2.50. The van der Waals surface area contributed by atoms with Crippen LogP contribution < -0.4 is 14.4 Å². The van der Waals surface area contributed by atoms with Gasteiger partial charge >= 0.3 is 0 Å². The van der Waals surface area contributed by atoms with Crippen LogP contribution in [0.25, 0.3) is 0 Å². The highest BCUT2D eigenvalue weighted by molar-refractivity contribution is 6.31. The number of amides is 3. The van der Waals surface area contributed by atoms with E-state index in [1.807, 2.05) is 0 Å². The summed E-state index contributed by atoms with van der Waals surface area (Å²) in [5.74, 6) is -1.36. The Kier molecular flexibility index (Phi) is 5.83. The Morgan fingerprint density at radius 1 is 0.919 bits per heavy atom. The van der Waals surface area contributed by atoms with Crippen LogP contribution in [-0.4, -0.2) is 47.8 Å². The lowest BCUT2D eigenvalue weighted by atomic mass is 9.85. The molecule has 2 heterocycles. The van der Waals surface area contributed by atoms with Gasteiger partial charge in [-0.3, -0.25) is 34.3 Å². The second-order valence-electron chi connectivity index (χ2n) is 8.57. The summed E-state index contributed by atoms with van der Waals surface area (Å²) in [7, 11) is 2.94. The normalized spacial score (nSPS) is 18.5. The molecule has 188 valence electrons. The lowest BCUT2D eigenvalue weighted by molar-refractivity contribution is -0.385. The van der Waals surface area contributed by atoms with Crippen molar-refractivity contribution >= 4 is 40.7 Å². The Morgan fingerprint density at radius 3 is 2.35 bits per heavy atom. The average Bonchev–Trinajstić information content (AvgIpc) is 3.13. The fourth-order valence-electron chi connectivity index (χ4n) is 4.91. The van der Waals surface area contributed by atoms with Gasteiger partial charge in [-0.05, 0) is 48.9 Å². The van der Waals surface area contributed by atoms with Crippen LogP contribution in [0.1, 0.15) is 37.9 Å². The van der Waals surface area contributed by atoms with Crippen LogP contribution in [0, 0.1) is 17.0 Å². The van der Waals surface area contributed by atoms with Crippen LogP contribution in [0.15, 0.2) is 54.6 Å². The quantitative estimate of drug-likeness (QED) is 0.205. The largest absolute Gasteiger partial charge is 0.497 e. The summed E-state index contributed by atoms with van der Waals surface area (Å²) in [4.78, 5) is 53.8. The third-order valence-corrected chi connectivity index (χ3v) is 6.89. The van der Waals surface area contributed by atoms with E-state index in [1.165, 1.54) is 31.3 Å². The number of hydrogen-bond donors (Lipinski definition) is 0. The minimum atomic E-state index is -1.29. The van der Waals surface area contributed by atoms with E-state index < -0.39 is 40.4 Å². The van der Waals surface area contributed by atoms with E-state index in [0.29, 0.717) is 27.8 Å². The molecule has 0 radical (unpaired) electrons. The van der Waals surface area contributed by atoms with E-state index >= 15 is 0 Å². The van der Waals surface area contributed by atoms with Crippen molar-refractivity contribution in [1.29, 1.82) is 0 Å². The van der Waals surface area contributed by atoms with Crippen molar-refractivity contribution in [3.05, 3.63) is 92.0 Å². The third kappa shape index (κ3) is 3.60. The average molecular weight is 522 g/mol. The molecule has 0 aromatic heterocycles. The maximum Gasteiger partial charge on any atom is 0.282 e. The number of carbonyl (C=O) groups excluding carboxylic acids is 3. The van der Waals surface area contributed by atoms with Crippen molar-refractivity contribution in [1.82, 2.24) is 4.90 Å². The first-order valence-corrected chi connectivity index (χ1v) is 11.5. The number of methoxy groups -OCH3 is 2. The molecule has 10 nitrogen and oxygen atoms in total. The van der Waals surface area contributed by atoms with Crippen LogP contribution >= 0.6 is 11.6 Å². The van der Waals surface area contributed by atoms with Crippen LogP contribution in [0.5, 0.6) is 11.5 Å². The molecule has 3 aromatic carbocycles. The number of β-lactam (4-membered cyclic amide) rings is 1. The fourth-order valence-corrected chi connectivity index (χ4v) is 5.07. The molecule has 2 aliphatic heterocycles. The Bertz CT molecular complexity index is 1510. The molecular formula is C26H20ClN3O7. The monoisotopic (exact) mass is 521 g/mol. The Labute approximate surface area is 216 Å². The van der Waals surface area contributed by atoms with Crippen LogP contribution in [-0.2, 0) is 4.79 Å². The first-order valence-electron chi connectivity index (χ1n) is 11.2. The molecule has 37 heavy (non-hydrogen) atoms. The number of nitrogens with zero attached hydrogens (tertiary/aromatic N) is 3. The molecule has 3 amide bonds. The smallest absolute Gasteiger partial charge is 0.282 e. The van der Waals surface area contributed by atoms with Gasteiger partial charge in [-0.2, -0.15) is 0 Å². The molecule has 2 atom stereocenters. The van der Waals surface area contributed by atoms with Gasteiger partial charge in [0.25, 0.3) is 23.4 Å². The van der Waals surface area contributed by atoms with Crippen LogP contribution in [0.3, 0.4) is 0 Å². The zero-order valence-electron chi connectivity index (χ0n) is 19.9. The van der Waals surface area contributed by atoms with Crippen molar-refractivity contribution < 1.29 is 28.8 Å². The summed E-state index contributed by atoms with van der Waals surface area (Å²) in [5.41, 5.74) is 0.757. The lowest BCUT2D eigenvalue weighted by Crippen LogP contribution is -2.67. The van der Waals surface area contributed by atoms with Crippen LogP contribution in [0.4, 0.5) is 11.4 Å². The van der Waals surface area contributed by atoms with Crippen molar-refractivity contribution in [2.45, 2.75) is 19.0 Å². The number of benzene rings is 3. The summed E-state index contributed by atoms with van der Waals surface area (Å²) < 4.78 is 10.9. The van der Waals surface area contributed by atoms with E-state index in [0.717, 1.165) is 16.5 Å². The van der Waals surface area contributed by atoms with Gasteiger partial charge in [-0.1, -0.05) is 23.7 Å². The van der Waals surface area contributed by atoms with E-state index in [9.17, 15) is 24.5 Å². The molecule has 0 spiro atoms. The second kappa shape index (κ2) is 8.90. The zero-order valence-corrected chi connectivity index (χ0v) is 20.7. The molecule has 0 bridgehead atoms. The van der Waals surface area contributed by atoms with E-state index in [4.69, 9.17) is 21.1 Å². The first-order chi connectivity index (χ1) is 17.7. The number of nitro benzene ring substituents is 1. The molecule has 1 saturated heterocycles. The van der Waals surface area contributed by atoms with E-state index in [2.05, 4.69) is 0 Å². The number of fused-ring (bicyclic) bond motifs is 1. The zero-order chi connectivity index (χ0) is 26.6. The van der Waals surface area contributed by atoms with Crippen molar-refractivity contribution in [3.8, 4) is 11.5 Å². The van der Waals surface area contributed by atoms with Gasteiger partial charge < -0.3 is 9.47 Å². The van der Waals surface area contributed by atoms with Crippen molar-refractivity contribution in [2.24, 2.45) is 0 Å². The second-order valence-corrected chi connectivity index (χ2v) is 9.01. The number of ether oxygens (including phenoxy) is 2. The molecule has 1 fully saturated rings. The number of hydrogen-bond acceptors (Lipinski definition) is 7. The summed E-state index contributed by atoms with van der Waals surface area (Å²) >= 11 is 6.24. The number of imide groups is 1. The Morgan fingerprint density at radius 2 is 1.68 bits per heavy atom. The molecule has 0 N–H and O–H groups in total. The van der Waals surface area contributed by atoms with Gasteiger partial charge in [0.05, 0.1) is 30.7 Å². The number of halogens is 1. The van der Waals surface area contributed by atoms with Gasteiger partial charge in [0.2, 0.25) is 0 Å². The highest BCUT2D eigenvalue weighted by Gasteiger charge is 2.59. The summed E-state index contributed by atoms with van der Waals surface area (Å²) in [6.45, 7) is 1.80. The number of carbonyl (C=O) groups is 3. The first kappa shape index (κ1) is 24.3.